The summed E-state index contributed by atoms with van der Waals surface area (Å²) in [5, 5.41) is 3.62. The third-order valence-electron chi connectivity index (χ3n) is 3.53. The summed E-state index contributed by atoms with van der Waals surface area (Å²) >= 11 is 1.53. The molecule has 0 aromatic carbocycles. The van der Waals surface area contributed by atoms with Crippen molar-refractivity contribution in [1.29, 1.82) is 0 Å². The van der Waals surface area contributed by atoms with Crippen LogP contribution in [0.3, 0.4) is 0 Å². The lowest BCUT2D eigenvalue weighted by Crippen LogP contribution is -2.44. The molecule has 5 nitrogen and oxygen atoms in total. The quantitative estimate of drug-likeness (QED) is 0.869. The third kappa shape index (κ3) is 2.70. The van der Waals surface area contributed by atoms with E-state index in [2.05, 4.69) is 10.3 Å². The van der Waals surface area contributed by atoms with Gasteiger partial charge in [0.15, 0.2) is 0 Å². The lowest BCUT2D eigenvalue weighted by molar-refractivity contribution is -0.131. The Balaban J connectivity index is 2.17. The molecule has 110 valence electrons. The van der Waals surface area contributed by atoms with Crippen LogP contribution in [-0.2, 0) is 11.3 Å². The molecular weight excluding hydrogens is 274 g/mol. The maximum Gasteiger partial charge on any atom is 0.325 e. The van der Waals surface area contributed by atoms with Crippen molar-refractivity contribution in [3.8, 4) is 0 Å². The number of nitrogens with one attached hydrogen (secondary N) is 1. The second-order valence-electron chi connectivity index (χ2n) is 6.00. The number of carbonyl (C=O) groups excluding carboxylic acids is 2. The minimum Gasteiger partial charge on any atom is -0.323 e. The van der Waals surface area contributed by atoms with Crippen molar-refractivity contribution in [3.05, 3.63) is 15.6 Å². The number of urea groups is 1. The summed E-state index contributed by atoms with van der Waals surface area (Å²) in [6.07, 6.45) is 0.643. The molecule has 1 aromatic heterocycles. The van der Waals surface area contributed by atoms with Crippen molar-refractivity contribution in [2.45, 2.75) is 53.1 Å². The van der Waals surface area contributed by atoms with Gasteiger partial charge in [-0.3, -0.25) is 9.69 Å². The van der Waals surface area contributed by atoms with Crippen LogP contribution in [-0.4, -0.2) is 27.4 Å². The zero-order valence-corrected chi connectivity index (χ0v) is 13.4. The molecule has 0 bridgehead atoms. The molecule has 0 saturated carbocycles. The van der Waals surface area contributed by atoms with Gasteiger partial charge in [-0.15, -0.1) is 11.3 Å². The minimum absolute atomic E-state index is 0.151. The molecule has 1 aliphatic heterocycles. The summed E-state index contributed by atoms with van der Waals surface area (Å²) < 4.78 is 0. The highest BCUT2D eigenvalue weighted by Crippen LogP contribution is 2.27. The highest BCUT2D eigenvalue weighted by molar-refractivity contribution is 7.11. The average Bonchev–Trinajstić information content (AvgIpc) is 2.71. The second kappa shape index (κ2) is 5.16. The molecule has 1 aromatic rings. The van der Waals surface area contributed by atoms with Crippen LogP contribution in [0.25, 0.3) is 0 Å². The monoisotopic (exact) mass is 295 g/mol. The van der Waals surface area contributed by atoms with Crippen LogP contribution >= 0.6 is 11.3 Å². The largest absolute Gasteiger partial charge is 0.325 e. The number of hydrogen-bond donors (Lipinski definition) is 1. The number of imide groups is 1. The normalized spacial score (nSPS) is 22.8. The lowest BCUT2D eigenvalue weighted by Gasteiger charge is -2.23. The van der Waals surface area contributed by atoms with Gasteiger partial charge in [0.25, 0.3) is 5.91 Å². The van der Waals surface area contributed by atoms with E-state index in [1.807, 2.05) is 27.7 Å². The molecule has 1 aliphatic rings. The van der Waals surface area contributed by atoms with E-state index in [1.54, 1.807) is 6.92 Å². The smallest absolute Gasteiger partial charge is 0.323 e. The molecular formula is C14H21N3O2S. The highest BCUT2D eigenvalue weighted by Gasteiger charge is 2.47. The maximum atomic E-state index is 12.5. The zero-order chi connectivity index (χ0) is 15.1. The van der Waals surface area contributed by atoms with Gasteiger partial charge in [-0.25, -0.2) is 9.78 Å². The standard InChI is InChI=1S/C14H21N3O2S/c1-8(2)6-14(5)12(18)17(13(19)16-14)7-11-15-9(3)10(4)20-11/h8H,6-7H2,1-5H3,(H,16,19)/t14-/m0/s1. The molecule has 2 heterocycles. The number of thiazole rings is 1. The van der Waals surface area contributed by atoms with E-state index in [4.69, 9.17) is 0 Å². The summed E-state index contributed by atoms with van der Waals surface area (Å²) in [7, 11) is 0. The van der Waals surface area contributed by atoms with Crippen LogP contribution in [0, 0.1) is 19.8 Å². The molecule has 1 saturated heterocycles. The van der Waals surface area contributed by atoms with Crippen LogP contribution in [0.4, 0.5) is 4.79 Å². The molecule has 0 radical (unpaired) electrons. The van der Waals surface area contributed by atoms with E-state index in [-0.39, 0.29) is 18.5 Å². The van der Waals surface area contributed by atoms with Gasteiger partial charge < -0.3 is 5.32 Å². The summed E-state index contributed by atoms with van der Waals surface area (Å²) in [5.41, 5.74) is 0.175. The fraction of sp³-hybridized carbons (Fsp3) is 0.643. The summed E-state index contributed by atoms with van der Waals surface area (Å²) in [5.74, 6) is 0.190. The molecule has 1 fully saturated rings. The Bertz CT molecular complexity index is 533. The highest BCUT2D eigenvalue weighted by atomic mass is 32.1. The van der Waals surface area contributed by atoms with Crippen molar-refractivity contribution in [2.24, 2.45) is 5.92 Å². The minimum atomic E-state index is -0.785. The number of hydrogen-bond acceptors (Lipinski definition) is 4. The first-order chi connectivity index (χ1) is 9.23. The van der Waals surface area contributed by atoms with Gasteiger partial charge in [0, 0.05) is 4.88 Å². The molecule has 3 amide bonds. The number of aromatic nitrogens is 1. The first-order valence-corrected chi connectivity index (χ1v) is 7.61. The van der Waals surface area contributed by atoms with Gasteiger partial charge in [0.05, 0.1) is 12.2 Å². The third-order valence-corrected chi connectivity index (χ3v) is 4.59. The summed E-state index contributed by atoms with van der Waals surface area (Å²) in [6.45, 7) is 10.1. The van der Waals surface area contributed by atoms with Crippen LogP contribution < -0.4 is 5.32 Å². The SMILES string of the molecule is Cc1nc(CN2C(=O)N[C@@](C)(CC(C)C)C2=O)sc1C. The number of rotatable bonds is 4. The number of carbonyl (C=O) groups is 2. The predicted molar refractivity (Wildman–Crippen MR) is 78.5 cm³/mol. The molecule has 1 N–H and O–H groups in total. The van der Waals surface area contributed by atoms with Gasteiger partial charge >= 0.3 is 6.03 Å². The van der Waals surface area contributed by atoms with Crippen molar-refractivity contribution in [2.75, 3.05) is 0 Å². The van der Waals surface area contributed by atoms with Gasteiger partial charge in [0.1, 0.15) is 10.5 Å². The second-order valence-corrected chi connectivity index (χ2v) is 7.29. The Morgan fingerprint density at radius 1 is 1.35 bits per heavy atom. The van der Waals surface area contributed by atoms with E-state index < -0.39 is 5.54 Å². The van der Waals surface area contributed by atoms with E-state index in [0.29, 0.717) is 12.3 Å². The summed E-state index contributed by atoms with van der Waals surface area (Å²) in [4.78, 5) is 31.3. The van der Waals surface area contributed by atoms with Crippen LogP contribution in [0.5, 0.6) is 0 Å². The van der Waals surface area contributed by atoms with Crippen molar-refractivity contribution in [3.63, 3.8) is 0 Å². The molecule has 0 spiro atoms. The Morgan fingerprint density at radius 3 is 2.50 bits per heavy atom. The zero-order valence-electron chi connectivity index (χ0n) is 12.6. The number of nitrogens with zero attached hydrogens (tertiary/aromatic N) is 2. The van der Waals surface area contributed by atoms with Gasteiger partial charge in [0.2, 0.25) is 0 Å². The lowest BCUT2D eigenvalue weighted by atomic mass is 9.91. The van der Waals surface area contributed by atoms with Gasteiger partial charge in [-0.1, -0.05) is 13.8 Å². The molecule has 6 heteroatoms. The van der Waals surface area contributed by atoms with Crippen molar-refractivity contribution in [1.82, 2.24) is 15.2 Å². The Kier molecular flexibility index (Phi) is 3.86. The van der Waals surface area contributed by atoms with Gasteiger partial charge in [-0.05, 0) is 33.1 Å². The molecule has 20 heavy (non-hydrogen) atoms. The maximum absolute atomic E-state index is 12.5. The van der Waals surface area contributed by atoms with E-state index in [1.165, 1.54) is 16.2 Å². The van der Waals surface area contributed by atoms with Crippen LogP contribution in [0.1, 0.15) is 42.8 Å². The molecule has 0 unspecified atom stereocenters. The van der Waals surface area contributed by atoms with Crippen LogP contribution in [0.2, 0.25) is 0 Å². The van der Waals surface area contributed by atoms with Gasteiger partial charge in [-0.2, -0.15) is 0 Å². The molecule has 2 rings (SSSR count). The van der Waals surface area contributed by atoms with E-state index >= 15 is 0 Å². The Hall–Kier alpha value is -1.43. The average molecular weight is 295 g/mol. The van der Waals surface area contributed by atoms with Crippen molar-refractivity contribution >= 4 is 23.3 Å². The topological polar surface area (TPSA) is 62.3 Å². The Labute approximate surface area is 123 Å². The first-order valence-electron chi connectivity index (χ1n) is 6.80. The van der Waals surface area contributed by atoms with E-state index in [0.717, 1.165) is 15.6 Å². The van der Waals surface area contributed by atoms with E-state index in [9.17, 15) is 9.59 Å². The molecule has 1 atom stereocenters. The van der Waals surface area contributed by atoms with Crippen LogP contribution in [0.15, 0.2) is 0 Å². The fourth-order valence-electron chi connectivity index (χ4n) is 2.59. The number of amides is 3. The summed E-state index contributed by atoms with van der Waals surface area (Å²) in [6, 6.07) is -0.316. The predicted octanol–water partition coefficient (Wildman–Crippen LogP) is 2.62. The molecule has 0 aliphatic carbocycles. The fourth-order valence-corrected chi connectivity index (χ4v) is 3.51. The first kappa shape index (κ1) is 15.0. The Morgan fingerprint density at radius 2 is 2.00 bits per heavy atom. The number of aryl methyl sites for hydroxylation is 2. The van der Waals surface area contributed by atoms with Crippen molar-refractivity contribution < 1.29 is 9.59 Å².